The Kier molecular flexibility index (Phi) is 2.11. The third kappa shape index (κ3) is 1.60. The molecule has 0 aromatic heterocycles. The molecule has 10 heavy (non-hydrogen) atoms. The van der Waals surface area contributed by atoms with Crippen molar-refractivity contribution in [3.05, 3.63) is 0 Å². The number of hydrogen-bond donors (Lipinski definition) is 2. The molecule has 2 N–H and O–H groups in total. The van der Waals surface area contributed by atoms with E-state index in [1.54, 1.807) is 0 Å². The number of urea groups is 1. The molecule has 0 saturated carbocycles. The van der Waals surface area contributed by atoms with Gasteiger partial charge in [0, 0.05) is 6.04 Å². The molecule has 58 valence electrons. The summed E-state index contributed by atoms with van der Waals surface area (Å²) in [6, 6.07) is 0.407. The van der Waals surface area contributed by atoms with Gasteiger partial charge in [-0.25, -0.2) is 4.79 Å². The molecule has 2 amide bonds. The number of carbonyl (C=O) groups is 1. The van der Waals surface area contributed by atoms with Crippen molar-refractivity contribution in [1.29, 1.82) is 0 Å². The first kappa shape index (κ1) is 7.34. The van der Waals surface area contributed by atoms with Crippen LogP contribution in [0, 0.1) is 0 Å². The Morgan fingerprint density at radius 1 is 1.40 bits per heavy atom. The predicted molar refractivity (Wildman–Crippen MR) is 38.4 cm³/mol. The Morgan fingerprint density at radius 3 is 2.30 bits per heavy atom. The molecule has 0 radical (unpaired) electrons. The molecule has 0 atom stereocenters. The van der Waals surface area contributed by atoms with Gasteiger partial charge in [-0.2, -0.15) is 0 Å². The Labute approximate surface area is 60.6 Å². The first-order valence-electron chi connectivity index (χ1n) is 3.46. The van der Waals surface area contributed by atoms with Crippen LogP contribution in [-0.4, -0.2) is 30.3 Å². The quantitative estimate of drug-likeness (QED) is 0.539. The van der Waals surface area contributed by atoms with Gasteiger partial charge in [0.05, 0.1) is 13.3 Å². The summed E-state index contributed by atoms with van der Waals surface area (Å²) in [6.07, 6.45) is 0. The van der Waals surface area contributed by atoms with Crippen molar-refractivity contribution in [2.45, 2.75) is 19.9 Å². The fourth-order valence-corrected chi connectivity index (χ4v) is 0.830. The topological polar surface area (TPSA) is 44.4 Å². The van der Waals surface area contributed by atoms with Crippen LogP contribution in [-0.2, 0) is 0 Å². The maximum Gasteiger partial charge on any atom is 0.316 e. The average molecular weight is 143 g/mol. The van der Waals surface area contributed by atoms with Crippen molar-refractivity contribution in [2.24, 2.45) is 0 Å². The minimum atomic E-state index is -0.0723. The van der Waals surface area contributed by atoms with Gasteiger partial charge in [0.2, 0.25) is 0 Å². The summed E-state index contributed by atoms with van der Waals surface area (Å²) in [4.78, 5) is 12.7. The van der Waals surface area contributed by atoms with Gasteiger partial charge in [-0.05, 0) is 13.8 Å². The Bertz CT molecular complexity index is 125. The lowest BCUT2D eigenvalue weighted by Gasteiger charge is -2.30. The molecular formula is C6H13N3O. The van der Waals surface area contributed by atoms with Crippen LogP contribution in [0.2, 0.25) is 0 Å². The zero-order valence-corrected chi connectivity index (χ0v) is 6.35. The zero-order chi connectivity index (χ0) is 7.56. The fraction of sp³-hybridized carbons (Fsp3) is 0.833. The van der Waals surface area contributed by atoms with E-state index in [4.69, 9.17) is 0 Å². The standard InChI is InChI=1S/C6H13N3O/c1-5(2)9-3-7-6(10)8-4-9/h5H,3-4H2,1-2H3,(H2,7,8,10). The zero-order valence-electron chi connectivity index (χ0n) is 6.35. The van der Waals surface area contributed by atoms with Gasteiger partial charge < -0.3 is 10.6 Å². The van der Waals surface area contributed by atoms with Crippen molar-refractivity contribution in [1.82, 2.24) is 15.5 Å². The Hall–Kier alpha value is -0.770. The fourth-order valence-electron chi connectivity index (χ4n) is 0.830. The monoisotopic (exact) mass is 143 g/mol. The van der Waals surface area contributed by atoms with Crippen LogP contribution in [0.1, 0.15) is 13.8 Å². The summed E-state index contributed by atoms with van der Waals surface area (Å²) in [7, 11) is 0. The van der Waals surface area contributed by atoms with Crippen LogP contribution < -0.4 is 10.6 Å². The molecular weight excluding hydrogens is 130 g/mol. The van der Waals surface area contributed by atoms with Gasteiger partial charge in [-0.1, -0.05) is 0 Å². The summed E-state index contributed by atoms with van der Waals surface area (Å²) in [6.45, 7) is 5.51. The number of nitrogens with zero attached hydrogens (tertiary/aromatic N) is 1. The van der Waals surface area contributed by atoms with Gasteiger partial charge in [-0.3, -0.25) is 4.90 Å². The lowest BCUT2D eigenvalue weighted by Crippen LogP contribution is -2.55. The minimum Gasteiger partial charge on any atom is -0.325 e. The molecule has 1 heterocycles. The average Bonchev–Trinajstić information content (AvgIpc) is 1.88. The highest BCUT2D eigenvalue weighted by Gasteiger charge is 2.15. The van der Waals surface area contributed by atoms with Crippen molar-refractivity contribution < 1.29 is 4.79 Å². The van der Waals surface area contributed by atoms with Crippen molar-refractivity contribution in [3.63, 3.8) is 0 Å². The molecule has 4 heteroatoms. The van der Waals surface area contributed by atoms with Crippen LogP contribution in [0.4, 0.5) is 4.79 Å². The van der Waals surface area contributed by atoms with Crippen LogP contribution in [0.5, 0.6) is 0 Å². The molecule has 1 rings (SSSR count). The summed E-state index contributed by atoms with van der Waals surface area (Å²) in [5.41, 5.74) is 0. The summed E-state index contributed by atoms with van der Waals surface area (Å²) >= 11 is 0. The highest BCUT2D eigenvalue weighted by atomic mass is 16.2. The van der Waals surface area contributed by atoms with Crippen LogP contribution in [0.3, 0.4) is 0 Å². The maximum absolute atomic E-state index is 10.6. The van der Waals surface area contributed by atoms with Crippen LogP contribution in [0.15, 0.2) is 0 Å². The number of amides is 2. The Balaban J connectivity index is 2.33. The summed E-state index contributed by atoms with van der Waals surface area (Å²) < 4.78 is 0. The second-order valence-electron chi connectivity index (χ2n) is 2.68. The normalized spacial score (nSPS) is 20.5. The number of carbonyl (C=O) groups excluding carboxylic acids is 1. The van der Waals surface area contributed by atoms with E-state index in [0.717, 1.165) is 0 Å². The molecule has 0 bridgehead atoms. The lowest BCUT2D eigenvalue weighted by molar-refractivity contribution is 0.157. The largest absolute Gasteiger partial charge is 0.325 e. The van der Waals surface area contributed by atoms with E-state index in [-0.39, 0.29) is 6.03 Å². The highest BCUT2D eigenvalue weighted by Crippen LogP contribution is 1.95. The first-order chi connectivity index (χ1) is 4.70. The van der Waals surface area contributed by atoms with E-state index in [1.165, 1.54) is 0 Å². The molecule has 1 aliphatic rings. The van der Waals surface area contributed by atoms with Gasteiger partial charge in [0.15, 0.2) is 0 Å². The van der Waals surface area contributed by atoms with Crippen LogP contribution in [0.25, 0.3) is 0 Å². The highest BCUT2D eigenvalue weighted by molar-refractivity contribution is 5.74. The smallest absolute Gasteiger partial charge is 0.316 e. The molecule has 1 saturated heterocycles. The van der Waals surface area contributed by atoms with Crippen molar-refractivity contribution >= 4 is 6.03 Å². The number of hydrogen-bond acceptors (Lipinski definition) is 2. The molecule has 0 aromatic rings. The maximum atomic E-state index is 10.6. The van der Waals surface area contributed by atoms with Crippen molar-refractivity contribution in [3.8, 4) is 0 Å². The predicted octanol–water partition coefficient (Wildman–Crippen LogP) is -0.0754. The van der Waals surface area contributed by atoms with Crippen molar-refractivity contribution in [2.75, 3.05) is 13.3 Å². The van der Waals surface area contributed by atoms with Crippen LogP contribution >= 0.6 is 0 Å². The second-order valence-corrected chi connectivity index (χ2v) is 2.68. The molecule has 0 aliphatic carbocycles. The first-order valence-corrected chi connectivity index (χ1v) is 3.46. The van der Waals surface area contributed by atoms with Gasteiger partial charge >= 0.3 is 6.03 Å². The molecule has 0 spiro atoms. The molecule has 0 unspecified atom stereocenters. The van der Waals surface area contributed by atoms with Gasteiger partial charge in [0.1, 0.15) is 0 Å². The van der Waals surface area contributed by atoms with E-state index < -0.39 is 0 Å². The molecule has 0 aromatic carbocycles. The summed E-state index contributed by atoms with van der Waals surface area (Å²) in [5.74, 6) is 0. The van der Waals surface area contributed by atoms with E-state index >= 15 is 0 Å². The third-order valence-corrected chi connectivity index (χ3v) is 1.62. The van der Waals surface area contributed by atoms with Gasteiger partial charge in [0.25, 0.3) is 0 Å². The van der Waals surface area contributed by atoms with E-state index in [2.05, 4.69) is 29.4 Å². The van der Waals surface area contributed by atoms with Gasteiger partial charge in [-0.15, -0.1) is 0 Å². The van der Waals surface area contributed by atoms with E-state index in [1.807, 2.05) is 0 Å². The number of nitrogens with one attached hydrogen (secondary N) is 2. The van der Waals surface area contributed by atoms with E-state index in [9.17, 15) is 4.79 Å². The molecule has 1 fully saturated rings. The molecule has 4 nitrogen and oxygen atoms in total. The third-order valence-electron chi connectivity index (χ3n) is 1.62. The lowest BCUT2D eigenvalue weighted by atomic mass is 10.3. The summed E-state index contributed by atoms with van der Waals surface area (Å²) in [5, 5.41) is 5.38. The van der Waals surface area contributed by atoms with E-state index in [0.29, 0.717) is 19.4 Å². The molecule has 1 aliphatic heterocycles. The SMILES string of the molecule is CC(C)N1CNC(=O)NC1. The minimum absolute atomic E-state index is 0.0723. The Morgan fingerprint density at radius 2 is 1.90 bits per heavy atom. The number of rotatable bonds is 1. The second kappa shape index (κ2) is 2.88.